The van der Waals surface area contributed by atoms with Crippen molar-refractivity contribution in [2.75, 3.05) is 13.2 Å². The molecule has 0 aliphatic carbocycles. The Balaban J connectivity index is 3.97. The van der Waals surface area contributed by atoms with E-state index in [0.29, 0.717) is 19.3 Å². The van der Waals surface area contributed by atoms with Gasteiger partial charge in [0.1, 0.15) is 13.2 Å². The topological polar surface area (TPSA) is 78.9 Å². The Bertz CT molecular complexity index is 1290. The van der Waals surface area contributed by atoms with Gasteiger partial charge in [-0.3, -0.25) is 14.4 Å². The Morgan fingerprint density at radius 1 is 0.260 bits per heavy atom. The summed E-state index contributed by atoms with van der Waals surface area (Å²) in [5.41, 5.74) is 0. The van der Waals surface area contributed by atoms with Crippen LogP contribution in [0.15, 0.2) is 36.5 Å². The van der Waals surface area contributed by atoms with Gasteiger partial charge in [-0.1, -0.05) is 327 Å². The van der Waals surface area contributed by atoms with E-state index in [2.05, 4.69) is 57.2 Å². The fraction of sp³-hybridized carbons (Fsp3) is 0.873. The fourth-order valence-electron chi connectivity index (χ4n) is 10.4. The molecule has 0 amide bonds. The van der Waals surface area contributed by atoms with E-state index < -0.39 is 6.10 Å². The van der Waals surface area contributed by atoms with Gasteiger partial charge in [0.05, 0.1) is 0 Å². The number of carbonyl (C=O) groups is 3. The van der Waals surface area contributed by atoms with Gasteiger partial charge in [-0.2, -0.15) is 0 Å². The molecule has 0 aliphatic rings. The van der Waals surface area contributed by atoms with Crippen molar-refractivity contribution in [1.82, 2.24) is 0 Å². The summed E-state index contributed by atoms with van der Waals surface area (Å²) in [6.07, 6.45) is 82.0. The van der Waals surface area contributed by atoms with Crippen LogP contribution in [0, 0.1) is 0 Å². The maximum atomic E-state index is 12.8. The minimum absolute atomic E-state index is 0.0727. The van der Waals surface area contributed by atoms with Crippen LogP contribution >= 0.6 is 0 Å². The zero-order valence-corrected chi connectivity index (χ0v) is 52.0. The van der Waals surface area contributed by atoms with E-state index in [1.165, 1.54) is 257 Å². The van der Waals surface area contributed by atoms with Crippen LogP contribution in [-0.2, 0) is 28.6 Å². The molecule has 452 valence electrons. The third-order valence-electron chi connectivity index (χ3n) is 15.6. The molecule has 0 fully saturated rings. The van der Waals surface area contributed by atoms with Crippen LogP contribution in [0.3, 0.4) is 0 Å². The van der Waals surface area contributed by atoms with Crippen molar-refractivity contribution < 1.29 is 28.6 Å². The van der Waals surface area contributed by atoms with E-state index in [0.717, 1.165) is 83.5 Å². The summed E-state index contributed by atoms with van der Waals surface area (Å²) < 4.78 is 16.9. The zero-order valence-electron chi connectivity index (χ0n) is 52.0. The normalized spacial score (nSPS) is 12.2. The zero-order chi connectivity index (χ0) is 55.7. The summed E-state index contributed by atoms with van der Waals surface area (Å²) in [7, 11) is 0. The van der Waals surface area contributed by atoms with Crippen molar-refractivity contribution in [3.63, 3.8) is 0 Å². The van der Waals surface area contributed by atoms with E-state index in [-0.39, 0.29) is 31.1 Å². The molecule has 6 nitrogen and oxygen atoms in total. The predicted molar refractivity (Wildman–Crippen MR) is 335 cm³/mol. The fourth-order valence-corrected chi connectivity index (χ4v) is 10.4. The van der Waals surface area contributed by atoms with Crippen molar-refractivity contribution in [3.05, 3.63) is 36.5 Å². The Morgan fingerprint density at radius 3 is 0.766 bits per heavy atom. The number of carbonyl (C=O) groups excluding carboxylic acids is 3. The van der Waals surface area contributed by atoms with Gasteiger partial charge in [0.15, 0.2) is 6.10 Å². The summed E-state index contributed by atoms with van der Waals surface area (Å²) in [6, 6.07) is 0. The smallest absolute Gasteiger partial charge is 0.306 e. The third kappa shape index (κ3) is 64.3. The lowest BCUT2D eigenvalue weighted by atomic mass is 10.0. The summed E-state index contributed by atoms with van der Waals surface area (Å²) in [6.45, 7) is 6.63. The van der Waals surface area contributed by atoms with E-state index in [1.54, 1.807) is 0 Å². The van der Waals surface area contributed by atoms with Crippen LogP contribution in [0.25, 0.3) is 0 Å². The van der Waals surface area contributed by atoms with Gasteiger partial charge in [-0.15, -0.1) is 0 Å². The van der Waals surface area contributed by atoms with Crippen LogP contribution in [0.5, 0.6) is 0 Å². The predicted octanol–water partition coefficient (Wildman–Crippen LogP) is 23.6. The third-order valence-corrected chi connectivity index (χ3v) is 15.6. The largest absolute Gasteiger partial charge is 0.462 e. The molecule has 0 spiro atoms. The van der Waals surface area contributed by atoms with Crippen molar-refractivity contribution in [1.29, 1.82) is 0 Å². The average molecular weight is 1080 g/mol. The second kappa shape index (κ2) is 66.1. The number of esters is 3. The number of unbranched alkanes of at least 4 members (excludes halogenated alkanes) is 47. The second-order valence-electron chi connectivity index (χ2n) is 23.4. The summed E-state index contributed by atoms with van der Waals surface area (Å²) in [4.78, 5) is 38.2. The monoisotopic (exact) mass is 1080 g/mol. The molecule has 6 heteroatoms. The maximum Gasteiger partial charge on any atom is 0.306 e. The van der Waals surface area contributed by atoms with Crippen LogP contribution in [0.2, 0.25) is 0 Å². The summed E-state index contributed by atoms with van der Waals surface area (Å²) >= 11 is 0. The van der Waals surface area contributed by atoms with Crippen LogP contribution in [0.1, 0.15) is 380 Å². The quantitative estimate of drug-likeness (QED) is 0.0261. The molecule has 77 heavy (non-hydrogen) atoms. The molecule has 1 atom stereocenters. The molecule has 0 aromatic heterocycles. The van der Waals surface area contributed by atoms with Gasteiger partial charge < -0.3 is 14.2 Å². The molecule has 1 unspecified atom stereocenters. The lowest BCUT2D eigenvalue weighted by Crippen LogP contribution is -2.30. The summed E-state index contributed by atoms with van der Waals surface area (Å²) in [5, 5.41) is 0. The molecule has 0 N–H and O–H groups in total. The van der Waals surface area contributed by atoms with Crippen LogP contribution < -0.4 is 0 Å². The number of rotatable bonds is 64. The lowest BCUT2D eigenvalue weighted by Gasteiger charge is -2.18. The minimum Gasteiger partial charge on any atom is -0.462 e. The molecular formula is C71H132O6. The van der Waals surface area contributed by atoms with Crippen molar-refractivity contribution >= 4 is 17.9 Å². The number of allylic oxidation sites excluding steroid dienone is 6. The van der Waals surface area contributed by atoms with E-state index >= 15 is 0 Å². The highest BCUT2D eigenvalue weighted by Gasteiger charge is 2.19. The lowest BCUT2D eigenvalue weighted by molar-refractivity contribution is -0.167. The van der Waals surface area contributed by atoms with Crippen LogP contribution in [0.4, 0.5) is 0 Å². The second-order valence-corrected chi connectivity index (χ2v) is 23.4. The van der Waals surface area contributed by atoms with E-state index in [9.17, 15) is 14.4 Å². The van der Waals surface area contributed by atoms with Gasteiger partial charge in [-0.25, -0.2) is 0 Å². The molecule has 0 saturated carbocycles. The Morgan fingerprint density at radius 2 is 0.481 bits per heavy atom. The Hall–Kier alpha value is -2.37. The maximum absolute atomic E-state index is 12.8. The highest BCUT2D eigenvalue weighted by Crippen LogP contribution is 2.18. The highest BCUT2D eigenvalue weighted by atomic mass is 16.6. The molecule has 0 aliphatic heterocycles. The number of hydrogen-bond donors (Lipinski definition) is 0. The molecule has 0 aromatic carbocycles. The van der Waals surface area contributed by atoms with E-state index in [1.807, 2.05) is 0 Å². The minimum atomic E-state index is -0.775. The first-order valence-corrected chi connectivity index (χ1v) is 34.5. The highest BCUT2D eigenvalue weighted by molar-refractivity contribution is 5.71. The van der Waals surface area contributed by atoms with Crippen molar-refractivity contribution in [2.45, 2.75) is 386 Å². The molecule has 0 bridgehead atoms. The van der Waals surface area contributed by atoms with Crippen molar-refractivity contribution in [3.8, 4) is 0 Å². The standard InChI is InChI=1S/C71H132O6/c1-4-7-10-13-16-19-22-24-26-27-28-29-30-31-32-33-34-35-36-37-38-39-40-41-42-43-44-45-46-48-49-52-55-58-61-64-70(73)76-67-68(66-75-69(72)63-60-57-54-51-21-18-15-12-9-6-3)77-71(74)65-62-59-56-53-50-47-25-23-20-17-14-11-8-5-2/h14,17,23,25,27-28,68H,4-13,15-16,18-22,24,26,29-67H2,1-3H3/b17-14-,25-23-,28-27-. The molecule has 0 radical (unpaired) electrons. The van der Waals surface area contributed by atoms with Gasteiger partial charge in [0.2, 0.25) is 0 Å². The number of hydrogen-bond acceptors (Lipinski definition) is 6. The van der Waals surface area contributed by atoms with Gasteiger partial charge in [0.25, 0.3) is 0 Å². The molecular weight excluding hydrogens is 949 g/mol. The molecule has 0 aromatic rings. The first kappa shape index (κ1) is 74.6. The average Bonchev–Trinajstić information content (AvgIpc) is 3.43. The Labute approximate surface area is 480 Å². The SMILES string of the molecule is CCCC/C=C\C/C=C\CCCCCCCC(=O)OC(COC(=O)CCCCCCCCCCCC)COC(=O)CCCCCCCCCCCCCCCCCCCCCCCCC/C=C\CCCCCCCCCC. The van der Waals surface area contributed by atoms with Gasteiger partial charge in [-0.05, 0) is 70.6 Å². The molecule has 0 rings (SSSR count). The van der Waals surface area contributed by atoms with Gasteiger partial charge in [0, 0.05) is 19.3 Å². The molecule has 0 saturated heterocycles. The number of ether oxygens (including phenoxy) is 3. The van der Waals surface area contributed by atoms with Crippen molar-refractivity contribution in [2.24, 2.45) is 0 Å². The first-order chi connectivity index (χ1) is 38.0. The molecule has 0 heterocycles. The summed E-state index contributed by atoms with van der Waals surface area (Å²) in [5.74, 6) is -0.867. The Kier molecular flexibility index (Phi) is 64.1. The van der Waals surface area contributed by atoms with Crippen LogP contribution in [-0.4, -0.2) is 37.2 Å². The van der Waals surface area contributed by atoms with Gasteiger partial charge >= 0.3 is 17.9 Å². The first-order valence-electron chi connectivity index (χ1n) is 34.5. The van der Waals surface area contributed by atoms with E-state index in [4.69, 9.17) is 14.2 Å².